The third-order valence-electron chi connectivity index (χ3n) is 5.42. The van der Waals surface area contributed by atoms with Gasteiger partial charge in [-0.15, -0.1) is 0 Å². The van der Waals surface area contributed by atoms with E-state index < -0.39 is 0 Å². The molecule has 0 amide bonds. The van der Waals surface area contributed by atoms with E-state index in [1.54, 1.807) is 0 Å². The molecule has 1 unspecified atom stereocenters. The average Bonchev–Trinajstić information content (AvgIpc) is 2.59. The van der Waals surface area contributed by atoms with E-state index >= 15 is 0 Å². The SMILES string of the molecule is CCCC[CH]CCCCCCCC(C)CCCCCCCCCC. The monoisotopic (exact) mass is 337 g/mol. The number of hydrogen-bond donors (Lipinski definition) is 0. The molecule has 1 atom stereocenters. The fourth-order valence-electron chi connectivity index (χ4n) is 3.58. The summed E-state index contributed by atoms with van der Waals surface area (Å²) in [6.45, 7) is 7.06. The Balaban J connectivity index is 3.11. The number of rotatable bonds is 20. The summed E-state index contributed by atoms with van der Waals surface area (Å²) in [5.74, 6) is 0.965. The Morgan fingerprint density at radius 3 is 1.46 bits per heavy atom. The second kappa shape index (κ2) is 21.0. The predicted molar refractivity (Wildman–Crippen MR) is 113 cm³/mol. The van der Waals surface area contributed by atoms with E-state index in [1.165, 1.54) is 122 Å². The second-order valence-corrected chi connectivity index (χ2v) is 8.14. The van der Waals surface area contributed by atoms with E-state index in [9.17, 15) is 0 Å². The van der Waals surface area contributed by atoms with Crippen LogP contribution in [0.3, 0.4) is 0 Å². The summed E-state index contributed by atoms with van der Waals surface area (Å²) < 4.78 is 0. The van der Waals surface area contributed by atoms with E-state index in [0.717, 1.165) is 5.92 Å². The van der Waals surface area contributed by atoms with Gasteiger partial charge in [0.05, 0.1) is 0 Å². The van der Waals surface area contributed by atoms with Gasteiger partial charge in [-0.2, -0.15) is 0 Å². The van der Waals surface area contributed by atoms with Gasteiger partial charge in [0.15, 0.2) is 0 Å². The van der Waals surface area contributed by atoms with Gasteiger partial charge in [-0.25, -0.2) is 0 Å². The van der Waals surface area contributed by atoms with Gasteiger partial charge in [0.25, 0.3) is 0 Å². The quantitative estimate of drug-likeness (QED) is 0.194. The molecule has 0 aliphatic rings. The molecule has 0 bridgehead atoms. The van der Waals surface area contributed by atoms with Gasteiger partial charge >= 0.3 is 0 Å². The van der Waals surface area contributed by atoms with Crippen molar-refractivity contribution >= 4 is 0 Å². The Morgan fingerprint density at radius 2 is 0.917 bits per heavy atom. The largest absolute Gasteiger partial charge is 0.0654 e. The standard InChI is InChI=1S/C24H49/c1-4-6-8-10-12-14-15-17-19-21-23-24(3)22-20-18-16-13-11-9-7-5-2/h10,24H,4-9,11-23H2,1-3H3. The van der Waals surface area contributed by atoms with Crippen LogP contribution in [0.2, 0.25) is 0 Å². The highest BCUT2D eigenvalue weighted by Gasteiger charge is 2.02. The molecule has 24 heavy (non-hydrogen) atoms. The van der Waals surface area contributed by atoms with Gasteiger partial charge in [-0.1, -0.05) is 143 Å². The molecule has 0 fully saturated rings. The first kappa shape index (κ1) is 24.0. The van der Waals surface area contributed by atoms with Crippen LogP contribution in [-0.2, 0) is 0 Å². The zero-order valence-electron chi connectivity index (χ0n) is 17.6. The van der Waals surface area contributed by atoms with Crippen molar-refractivity contribution in [2.75, 3.05) is 0 Å². The minimum absolute atomic E-state index is 0.965. The van der Waals surface area contributed by atoms with Crippen LogP contribution in [-0.4, -0.2) is 0 Å². The summed E-state index contributed by atoms with van der Waals surface area (Å²) in [6.07, 6.45) is 29.8. The van der Waals surface area contributed by atoms with Gasteiger partial charge in [0.1, 0.15) is 0 Å². The van der Waals surface area contributed by atoms with Crippen molar-refractivity contribution in [3.8, 4) is 0 Å². The molecule has 0 aromatic carbocycles. The van der Waals surface area contributed by atoms with Crippen LogP contribution < -0.4 is 0 Å². The average molecular weight is 338 g/mol. The lowest BCUT2D eigenvalue weighted by Crippen LogP contribution is -1.95. The lowest BCUT2D eigenvalue weighted by atomic mass is 9.95. The molecule has 145 valence electrons. The molecule has 0 saturated heterocycles. The summed E-state index contributed by atoms with van der Waals surface area (Å²) in [6, 6.07) is 0. The van der Waals surface area contributed by atoms with Gasteiger partial charge in [0.2, 0.25) is 0 Å². The molecule has 0 aliphatic carbocycles. The lowest BCUT2D eigenvalue weighted by molar-refractivity contribution is 0.431. The predicted octanol–water partition coefficient (Wildman–Crippen LogP) is 9.28. The molecular formula is C24H49. The Hall–Kier alpha value is 0. The molecule has 1 radical (unpaired) electrons. The van der Waals surface area contributed by atoms with Crippen LogP contribution in [0.4, 0.5) is 0 Å². The number of unbranched alkanes of at least 4 members (excludes halogenated alkanes) is 16. The van der Waals surface area contributed by atoms with Crippen LogP contribution >= 0.6 is 0 Å². The van der Waals surface area contributed by atoms with E-state index in [4.69, 9.17) is 0 Å². The maximum absolute atomic E-state index is 2.51. The first-order valence-electron chi connectivity index (χ1n) is 11.6. The molecule has 0 N–H and O–H groups in total. The van der Waals surface area contributed by atoms with Crippen LogP contribution in [0.5, 0.6) is 0 Å². The molecule has 0 heterocycles. The highest BCUT2D eigenvalue weighted by molar-refractivity contribution is 4.64. The van der Waals surface area contributed by atoms with E-state index in [1.807, 2.05) is 0 Å². The van der Waals surface area contributed by atoms with E-state index in [0.29, 0.717) is 0 Å². The summed E-state index contributed by atoms with van der Waals surface area (Å²) in [5.41, 5.74) is 0. The summed E-state index contributed by atoms with van der Waals surface area (Å²) in [7, 11) is 0. The van der Waals surface area contributed by atoms with Crippen LogP contribution in [0.1, 0.15) is 143 Å². The second-order valence-electron chi connectivity index (χ2n) is 8.14. The Morgan fingerprint density at radius 1 is 0.500 bits per heavy atom. The van der Waals surface area contributed by atoms with Crippen molar-refractivity contribution < 1.29 is 0 Å². The Kier molecular flexibility index (Phi) is 21.0. The van der Waals surface area contributed by atoms with E-state index in [-0.39, 0.29) is 0 Å². The summed E-state index contributed by atoms with van der Waals surface area (Å²) in [4.78, 5) is 0. The minimum Gasteiger partial charge on any atom is -0.0654 e. The first-order valence-corrected chi connectivity index (χ1v) is 11.6. The topological polar surface area (TPSA) is 0 Å². The van der Waals surface area contributed by atoms with Crippen molar-refractivity contribution in [1.29, 1.82) is 0 Å². The fourth-order valence-corrected chi connectivity index (χ4v) is 3.58. The zero-order chi connectivity index (χ0) is 17.7. The van der Waals surface area contributed by atoms with Crippen LogP contribution in [0.25, 0.3) is 0 Å². The van der Waals surface area contributed by atoms with Crippen molar-refractivity contribution in [1.82, 2.24) is 0 Å². The number of hydrogen-bond acceptors (Lipinski definition) is 0. The normalized spacial score (nSPS) is 12.6. The summed E-state index contributed by atoms with van der Waals surface area (Å²) in [5, 5.41) is 0. The molecule has 0 aromatic heterocycles. The molecule has 0 saturated carbocycles. The fraction of sp³-hybridized carbons (Fsp3) is 0.958. The van der Waals surface area contributed by atoms with Gasteiger partial charge in [-0.05, 0) is 12.3 Å². The van der Waals surface area contributed by atoms with E-state index in [2.05, 4.69) is 27.2 Å². The maximum atomic E-state index is 2.51. The zero-order valence-corrected chi connectivity index (χ0v) is 17.6. The van der Waals surface area contributed by atoms with Crippen molar-refractivity contribution in [2.24, 2.45) is 5.92 Å². The molecule has 0 rings (SSSR count). The van der Waals surface area contributed by atoms with Crippen LogP contribution in [0.15, 0.2) is 0 Å². The molecule has 0 aromatic rings. The van der Waals surface area contributed by atoms with Gasteiger partial charge in [0, 0.05) is 0 Å². The Labute approximate surface area is 155 Å². The molecule has 0 nitrogen and oxygen atoms in total. The maximum Gasteiger partial charge on any atom is -0.0386 e. The minimum atomic E-state index is 0.965. The Bertz CT molecular complexity index is 208. The molecule has 0 spiro atoms. The highest BCUT2D eigenvalue weighted by Crippen LogP contribution is 2.19. The van der Waals surface area contributed by atoms with Crippen LogP contribution in [0, 0.1) is 12.3 Å². The highest BCUT2D eigenvalue weighted by atomic mass is 14.1. The van der Waals surface area contributed by atoms with Crippen molar-refractivity contribution in [2.45, 2.75) is 143 Å². The lowest BCUT2D eigenvalue weighted by Gasteiger charge is -2.11. The van der Waals surface area contributed by atoms with Crippen molar-refractivity contribution in [3.63, 3.8) is 0 Å². The third kappa shape index (κ3) is 20.0. The smallest absolute Gasteiger partial charge is 0.0386 e. The third-order valence-corrected chi connectivity index (χ3v) is 5.42. The summed E-state index contributed by atoms with van der Waals surface area (Å²) >= 11 is 0. The van der Waals surface area contributed by atoms with Crippen molar-refractivity contribution in [3.05, 3.63) is 6.42 Å². The molecule has 0 heteroatoms. The van der Waals surface area contributed by atoms with Gasteiger partial charge < -0.3 is 0 Å². The molecular weight excluding hydrogens is 288 g/mol. The van der Waals surface area contributed by atoms with Gasteiger partial charge in [-0.3, -0.25) is 0 Å². The molecule has 0 aliphatic heterocycles. The first-order chi connectivity index (χ1) is 11.8.